The van der Waals surface area contributed by atoms with E-state index >= 15 is 0 Å². The molecule has 0 aliphatic carbocycles. The number of anilines is 1. The van der Waals surface area contributed by atoms with E-state index in [1.54, 1.807) is 16.0 Å². The Labute approximate surface area is 175 Å². The zero-order chi connectivity index (χ0) is 20.8. The number of piperazine rings is 1. The van der Waals surface area contributed by atoms with Crippen LogP contribution in [0.4, 0.5) is 5.95 Å². The molecule has 29 heavy (non-hydrogen) atoms. The average molecular weight is 417 g/mol. The SMILES string of the molecule is CCN(CC)c1ncc(Cl)c(C(=O)N2CCN(C(=O)Cc3ccccn3)CC2)n1. The first-order chi connectivity index (χ1) is 14.0. The maximum absolute atomic E-state index is 13.0. The second kappa shape index (κ2) is 9.65. The number of amides is 2. The monoisotopic (exact) mass is 416 g/mol. The summed E-state index contributed by atoms with van der Waals surface area (Å²) < 4.78 is 0. The van der Waals surface area contributed by atoms with Gasteiger partial charge in [-0.25, -0.2) is 9.97 Å². The van der Waals surface area contributed by atoms with Crippen LogP contribution in [-0.4, -0.2) is 75.8 Å². The predicted molar refractivity (Wildman–Crippen MR) is 111 cm³/mol. The van der Waals surface area contributed by atoms with Crippen LogP contribution in [0.1, 0.15) is 30.0 Å². The van der Waals surface area contributed by atoms with Crippen molar-refractivity contribution in [1.29, 1.82) is 0 Å². The van der Waals surface area contributed by atoms with Gasteiger partial charge >= 0.3 is 0 Å². The molecule has 0 aromatic carbocycles. The summed E-state index contributed by atoms with van der Waals surface area (Å²) in [6.07, 6.45) is 3.42. The molecule has 3 heterocycles. The smallest absolute Gasteiger partial charge is 0.274 e. The summed E-state index contributed by atoms with van der Waals surface area (Å²) in [6, 6.07) is 5.52. The van der Waals surface area contributed by atoms with Gasteiger partial charge in [-0.2, -0.15) is 0 Å². The molecule has 0 spiro atoms. The summed E-state index contributed by atoms with van der Waals surface area (Å²) in [5.41, 5.74) is 0.949. The Morgan fingerprint density at radius 1 is 1.07 bits per heavy atom. The standard InChI is InChI=1S/C20H25ClN6O2/c1-3-25(4-2)20-23-14-16(21)18(24-20)19(29)27-11-9-26(10-12-27)17(28)13-15-7-5-6-8-22-15/h5-8,14H,3-4,9-13H2,1-2H3. The van der Waals surface area contributed by atoms with Crippen molar-refractivity contribution in [2.75, 3.05) is 44.2 Å². The molecule has 9 heteroatoms. The molecule has 1 aliphatic rings. The van der Waals surface area contributed by atoms with E-state index in [2.05, 4.69) is 15.0 Å². The van der Waals surface area contributed by atoms with E-state index in [1.165, 1.54) is 6.20 Å². The maximum atomic E-state index is 13.0. The lowest BCUT2D eigenvalue weighted by atomic mass is 10.2. The Kier molecular flexibility index (Phi) is 6.98. The van der Waals surface area contributed by atoms with Crippen molar-refractivity contribution in [3.05, 3.63) is 47.0 Å². The molecule has 2 amide bonds. The molecule has 8 nitrogen and oxygen atoms in total. The molecule has 1 fully saturated rings. The van der Waals surface area contributed by atoms with Crippen molar-refractivity contribution in [3.8, 4) is 0 Å². The number of nitrogens with zero attached hydrogens (tertiary/aromatic N) is 6. The first-order valence-electron chi connectivity index (χ1n) is 9.77. The van der Waals surface area contributed by atoms with Gasteiger partial charge in [0, 0.05) is 51.2 Å². The highest BCUT2D eigenvalue weighted by molar-refractivity contribution is 6.33. The molecule has 2 aromatic heterocycles. The van der Waals surface area contributed by atoms with Crippen LogP contribution in [0.25, 0.3) is 0 Å². The quantitative estimate of drug-likeness (QED) is 0.715. The third-order valence-corrected chi connectivity index (χ3v) is 5.23. The lowest BCUT2D eigenvalue weighted by Gasteiger charge is -2.34. The van der Waals surface area contributed by atoms with Crippen LogP contribution in [-0.2, 0) is 11.2 Å². The minimum atomic E-state index is -0.234. The highest BCUT2D eigenvalue weighted by Gasteiger charge is 2.27. The minimum absolute atomic E-state index is 0.0136. The van der Waals surface area contributed by atoms with Crippen LogP contribution in [0.3, 0.4) is 0 Å². The lowest BCUT2D eigenvalue weighted by Crippen LogP contribution is -2.51. The molecule has 154 valence electrons. The molecule has 0 unspecified atom stereocenters. The zero-order valence-electron chi connectivity index (χ0n) is 16.7. The van der Waals surface area contributed by atoms with E-state index in [4.69, 9.17) is 11.6 Å². The molecule has 1 saturated heterocycles. The molecule has 1 aliphatic heterocycles. The first-order valence-corrected chi connectivity index (χ1v) is 10.2. The van der Waals surface area contributed by atoms with Gasteiger partial charge in [0.15, 0.2) is 5.69 Å². The molecule has 0 radical (unpaired) electrons. The Morgan fingerprint density at radius 3 is 2.38 bits per heavy atom. The van der Waals surface area contributed by atoms with Crippen molar-refractivity contribution in [1.82, 2.24) is 24.8 Å². The number of carbonyl (C=O) groups excluding carboxylic acids is 2. The highest BCUT2D eigenvalue weighted by Crippen LogP contribution is 2.19. The van der Waals surface area contributed by atoms with Gasteiger partial charge in [-0.05, 0) is 26.0 Å². The largest absolute Gasteiger partial charge is 0.341 e. The fraction of sp³-hybridized carbons (Fsp3) is 0.450. The molecule has 0 bridgehead atoms. The molecular weight excluding hydrogens is 392 g/mol. The number of aromatic nitrogens is 3. The average Bonchev–Trinajstić information content (AvgIpc) is 2.76. The van der Waals surface area contributed by atoms with E-state index in [9.17, 15) is 9.59 Å². The third-order valence-electron chi connectivity index (χ3n) is 4.96. The van der Waals surface area contributed by atoms with Crippen molar-refractivity contribution >= 4 is 29.4 Å². The normalized spacial score (nSPS) is 14.0. The number of hydrogen-bond donors (Lipinski definition) is 0. The molecular formula is C20H25ClN6O2. The Balaban J connectivity index is 1.63. The van der Waals surface area contributed by atoms with Crippen LogP contribution < -0.4 is 4.90 Å². The second-order valence-electron chi connectivity index (χ2n) is 6.71. The molecule has 2 aromatic rings. The number of halogens is 1. The van der Waals surface area contributed by atoms with Gasteiger partial charge in [-0.1, -0.05) is 17.7 Å². The number of carbonyl (C=O) groups is 2. The third kappa shape index (κ3) is 5.00. The predicted octanol–water partition coefficient (Wildman–Crippen LogP) is 1.90. The van der Waals surface area contributed by atoms with Crippen LogP contribution in [0.5, 0.6) is 0 Å². The van der Waals surface area contributed by atoms with Crippen molar-refractivity contribution in [2.45, 2.75) is 20.3 Å². The van der Waals surface area contributed by atoms with E-state index in [1.807, 2.05) is 36.9 Å². The van der Waals surface area contributed by atoms with E-state index < -0.39 is 0 Å². The van der Waals surface area contributed by atoms with Crippen molar-refractivity contribution < 1.29 is 9.59 Å². The zero-order valence-corrected chi connectivity index (χ0v) is 17.5. The molecule has 0 atom stereocenters. The van der Waals surface area contributed by atoms with Crippen molar-refractivity contribution in [2.24, 2.45) is 0 Å². The van der Waals surface area contributed by atoms with Gasteiger partial charge in [0.25, 0.3) is 5.91 Å². The number of hydrogen-bond acceptors (Lipinski definition) is 6. The lowest BCUT2D eigenvalue weighted by molar-refractivity contribution is -0.132. The molecule has 0 saturated carbocycles. The summed E-state index contributed by atoms with van der Waals surface area (Å²) in [4.78, 5) is 43.7. The summed E-state index contributed by atoms with van der Waals surface area (Å²) in [5, 5.41) is 0.236. The fourth-order valence-electron chi connectivity index (χ4n) is 3.24. The van der Waals surface area contributed by atoms with Crippen LogP contribution >= 0.6 is 11.6 Å². The van der Waals surface area contributed by atoms with Gasteiger partial charge in [0.2, 0.25) is 11.9 Å². The van der Waals surface area contributed by atoms with Gasteiger partial charge in [-0.3, -0.25) is 14.6 Å². The van der Waals surface area contributed by atoms with Crippen LogP contribution in [0.15, 0.2) is 30.6 Å². The van der Waals surface area contributed by atoms with E-state index in [0.29, 0.717) is 32.1 Å². The number of rotatable bonds is 6. The maximum Gasteiger partial charge on any atom is 0.274 e. The summed E-state index contributed by atoms with van der Waals surface area (Å²) in [7, 11) is 0. The van der Waals surface area contributed by atoms with Crippen LogP contribution in [0, 0.1) is 0 Å². The second-order valence-corrected chi connectivity index (χ2v) is 7.12. The van der Waals surface area contributed by atoms with Gasteiger partial charge in [0.1, 0.15) is 0 Å². The number of pyridine rings is 1. The summed E-state index contributed by atoms with van der Waals surface area (Å²) in [6.45, 7) is 7.31. The fourth-order valence-corrected chi connectivity index (χ4v) is 3.42. The van der Waals surface area contributed by atoms with Gasteiger partial charge in [-0.15, -0.1) is 0 Å². The summed E-state index contributed by atoms with van der Waals surface area (Å²) >= 11 is 6.21. The van der Waals surface area contributed by atoms with Gasteiger partial charge < -0.3 is 14.7 Å². The topological polar surface area (TPSA) is 82.5 Å². The summed E-state index contributed by atoms with van der Waals surface area (Å²) in [5.74, 6) is 0.272. The molecule has 0 N–H and O–H groups in total. The highest BCUT2D eigenvalue weighted by atomic mass is 35.5. The Hall–Kier alpha value is -2.74. The van der Waals surface area contributed by atoms with Gasteiger partial charge in [0.05, 0.1) is 17.6 Å². The Morgan fingerprint density at radius 2 is 1.76 bits per heavy atom. The Bertz CT molecular complexity index is 851. The van der Waals surface area contributed by atoms with Crippen LogP contribution in [0.2, 0.25) is 5.02 Å². The molecule has 3 rings (SSSR count). The first kappa shape index (κ1) is 21.0. The van der Waals surface area contributed by atoms with Crippen molar-refractivity contribution in [3.63, 3.8) is 0 Å². The minimum Gasteiger partial charge on any atom is -0.341 e. The van der Waals surface area contributed by atoms with E-state index in [0.717, 1.165) is 18.8 Å². The van der Waals surface area contributed by atoms with E-state index in [-0.39, 0.29) is 29.0 Å².